The highest BCUT2D eigenvalue weighted by Crippen LogP contribution is 2.21. The van der Waals surface area contributed by atoms with E-state index in [2.05, 4.69) is 5.32 Å². The summed E-state index contributed by atoms with van der Waals surface area (Å²) in [5, 5.41) is 5.05. The third-order valence-corrected chi connectivity index (χ3v) is 4.48. The van der Waals surface area contributed by atoms with Crippen LogP contribution in [0, 0.1) is 0 Å². The fourth-order valence-electron chi connectivity index (χ4n) is 2.98. The molecule has 1 amide bonds. The Bertz CT molecular complexity index is 1090. The molecule has 0 spiro atoms. The van der Waals surface area contributed by atoms with Crippen LogP contribution in [-0.4, -0.2) is 12.5 Å². The van der Waals surface area contributed by atoms with Gasteiger partial charge in [0.2, 0.25) is 0 Å². The number of anilines is 1. The molecule has 0 unspecified atom stereocenters. The molecule has 4 rings (SSSR count). The number of fused-ring (bicyclic) bond motifs is 1. The van der Waals surface area contributed by atoms with E-state index in [-0.39, 0.29) is 12.5 Å². The molecule has 1 N–H and O–H groups in total. The first kappa shape index (κ1) is 18.6. The van der Waals surface area contributed by atoms with E-state index in [1.807, 2.05) is 97.1 Å². The molecular formula is C25H21NO3. The third-order valence-electron chi connectivity index (χ3n) is 4.48. The normalized spacial score (nSPS) is 10.5. The van der Waals surface area contributed by atoms with Crippen LogP contribution in [0.25, 0.3) is 10.8 Å². The van der Waals surface area contributed by atoms with E-state index in [0.717, 1.165) is 22.1 Å². The topological polar surface area (TPSA) is 47.6 Å². The summed E-state index contributed by atoms with van der Waals surface area (Å²) in [5.74, 6) is 1.21. The van der Waals surface area contributed by atoms with Crippen LogP contribution in [0.2, 0.25) is 0 Å². The van der Waals surface area contributed by atoms with Crippen LogP contribution in [-0.2, 0) is 11.4 Å². The summed E-state index contributed by atoms with van der Waals surface area (Å²) in [7, 11) is 0. The second-order valence-corrected chi connectivity index (χ2v) is 6.64. The van der Waals surface area contributed by atoms with Crippen LogP contribution in [0.3, 0.4) is 0 Å². The maximum atomic E-state index is 12.2. The van der Waals surface area contributed by atoms with Gasteiger partial charge in [-0.05, 0) is 52.7 Å². The summed E-state index contributed by atoms with van der Waals surface area (Å²) in [6.07, 6.45) is 0. The van der Waals surface area contributed by atoms with E-state index in [4.69, 9.17) is 9.47 Å². The van der Waals surface area contributed by atoms with Gasteiger partial charge in [0.1, 0.15) is 18.1 Å². The van der Waals surface area contributed by atoms with Gasteiger partial charge < -0.3 is 14.8 Å². The van der Waals surface area contributed by atoms with Gasteiger partial charge in [-0.15, -0.1) is 0 Å². The number of rotatable bonds is 7. The minimum absolute atomic E-state index is 0.0510. The van der Waals surface area contributed by atoms with E-state index >= 15 is 0 Å². The van der Waals surface area contributed by atoms with Crippen molar-refractivity contribution in [1.82, 2.24) is 0 Å². The third kappa shape index (κ3) is 5.14. The van der Waals surface area contributed by atoms with Crippen LogP contribution in [0.5, 0.6) is 11.5 Å². The number of benzene rings is 4. The molecule has 4 nitrogen and oxygen atoms in total. The zero-order valence-electron chi connectivity index (χ0n) is 15.9. The number of ether oxygens (including phenoxy) is 2. The van der Waals surface area contributed by atoms with Crippen molar-refractivity contribution < 1.29 is 14.3 Å². The highest BCUT2D eigenvalue weighted by atomic mass is 16.5. The lowest BCUT2D eigenvalue weighted by atomic mass is 10.1. The first-order chi connectivity index (χ1) is 14.3. The molecule has 0 aliphatic carbocycles. The molecule has 0 heterocycles. The molecule has 0 aliphatic rings. The second-order valence-electron chi connectivity index (χ2n) is 6.64. The largest absolute Gasteiger partial charge is 0.489 e. The average molecular weight is 383 g/mol. The predicted molar refractivity (Wildman–Crippen MR) is 115 cm³/mol. The van der Waals surface area contributed by atoms with E-state index in [1.165, 1.54) is 0 Å². The zero-order chi connectivity index (χ0) is 19.9. The Morgan fingerprint density at radius 2 is 1.38 bits per heavy atom. The molecule has 29 heavy (non-hydrogen) atoms. The van der Waals surface area contributed by atoms with Crippen LogP contribution >= 0.6 is 0 Å². The lowest BCUT2D eigenvalue weighted by Crippen LogP contribution is -2.20. The maximum absolute atomic E-state index is 12.2. The molecule has 0 bridgehead atoms. The minimum Gasteiger partial charge on any atom is -0.489 e. The molecule has 0 aromatic heterocycles. The van der Waals surface area contributed by atoms with Crippen molar-refractivity contribution in [2.24, 2.45) is 0 Å². The number of hydrogen-bond donors (Lipinski definition) is 1. The van der Waals surface area contributed by atoms with Crippen molar-refractivity contribution >= 4 is 22.4 Å². The smallest absolute Gasteiger partial charge is 0.262 e. The first-order valence-corrected chi connectivity index (χ1v) is 9.44. The van der Waals surface area contributed by atoms with Gasteiger partial charge in [-0.1, -0.05) is 60.7 Å². The van der Waals surface area contributed by atoms with Crippen LogP contribution in [0.15, 0.2) is 97.1 Å². The molecule has 144 valence electrons. The summed E-state index contributed by atoms with van der Waals surface area (Å²) in [6, 6.07) is 31.1. The van der Waals surface area contributed by atoms with Gasteiger partial charge in [0.15, 0.2) is 6.61 Å². The van der Waals surface area contributed by atoms with Crippen molar-refractivity contribution in [2.75, 3.05) is 11.9 Å². The Morgan fingerprint density at radius 3 is 2.17 bits per heavy atom. The van der Waals surface area contributed by atoms with E-state index < -0.39 is 0 Å². The van der Waals surface area contributed by atoms with Gasteiger partial charge in [0, 0.05) is 5.69 Å². The standard InChI is InChI=1S/C25H21NO3/c27-25(18-29-24-13-10-20-8-4-5-9-21(20)16-24)26-22-11-14-23(15-12-22)28-17-19-6-2-1-3-7-19/h1-16H,17-18H2,(H,26,27). The van der Waals surface area contributed by atoms with Gasteiger partial charge in [0.05, 0.1) is 0 Å². The average Bonchev–Trinajstić information content (AvgIpc) is 2.78. The van der Waals surface area contributed by atoms with Crippen LogP contribution < -0.4 is 14.8 Å². The van der Waals surface area contributed by atoms with E-state index in [9.17, 15) is 4.79 Å². The number of carbonyl (C=O) groups is 1. The number of hydrogen-bond acceptors (Lipinski definition) is 3. The summed E-state index contributed by atoms with van der Waals surface area (Å²) >= 11 is 0. The highest BCUT2D eigenvalue weighted by Gasteiger charge is 2.05. The minimum atomic E-state index is -0.212. The molecule has 0 radical (unpaired) electrons. The van der Waals surface area contributed by atoms with E-state index in [1.54, 1.807) is 0 Å². The van der Waals surface area contributed by atoms with Crippen LogP contribution in [0.4, 0.5) is 5.69 Å². The lowest BCUT2D eigenvalue weighted by molar-refractivity contribution is -0.118. The molecule has 0 fully saturated rings. The quantitative estimate of drug-likeness (QED) is 0.462. The van der Waals surface area contributed by atoms with Gasteiger partial charge in [-0.2, -0.15) is 0 Å². The Morgan fingerprint density at radius 1 is 0.690 bits per heavy atom. The second kappa shape index (κ2) is 8.93. The van der Waals surface area contributed by atoms with Gasteiger partial charge in [-0.25, -0.2) is 0 Å². The molecule has 0 saturated carbocycles. The molecule has 0 atom stereocenters. The van der Waals surface area contributed by atoms with Gasteiger partial charge in [-0.3, -0.25) is 4.79 Å². The molecule has 4 aromatic rings. The Kier molecular flexibility index (Phi) is 5.72. The summed E-state index contributed by atoms with van der Waals surface area (Å²) in [6.45, 7) is 0.455. The fourth-order valence-corrected chi connectivity index (χ4v) is 2.98. The van der Waals surface area contributed by atoms with Crippen molar-refractivity contribution in [2.45, 2.75) is 6.61 Å². The highest BCUT2D eigenvalue weighted by molar-refractivity contribution is 5.92. The summed E-state index contributed by atoms with van der Waals surface area (Å²) in [4.78, 5) is 12.2. The Hall–Kier alpha value is -3.79. The Labute approximate surface area is 169 Å². The number of amides is 1. The Balaban J connectivity index is 1.27. The summed E-state index contributed by atoms with van der Waals surface area (Å²) < 4.78 is 11.4. The number of nitrogens with one attached hydrogen (secondary N) is 1. The molecule has 0 aliphatic heterocycles. The molecule has 4 aromatic carbocycles. The van der Waals surface area contributed by atoms with Crippen LogP contribution in [0.1, 0.15) is 5.56 Å². The fraction of sp³-hybridized carbons (Fsp3) is 0.0800. The van der Waals surface area contributed by atoms with Crippen molar-refractivity contribution in [3.63, 3.8) is 0 Å². The zero-order valence-corrected chi connectivity index (χ0v) is 15.9. The van der Waals surface area contributed by atoms with Crippen molar-refractivity contribution in [3.05, 3.63) is 103 Å². The molecule has 4 heteroatoms. The maximum Gasteiger partial charge on any atom is 0.262 e. The molecular weight excluding hydrogens is 362 g/mol. The van der Waals surface area contributed by atoms with Gasteiger partial charge in [0.25, 0.3) is 5.91 Å². The lowest BCUT2D eigenvalue weighted by Gasteiger charge is -2.10. The predicted octanol–water partition coefficient (Wildman–Crippen LogP) is 5.44. The number of carbonyl (C=O) groups excluding carboxylic acids is 1. The molecule has 0 saturated heterocycles. The van der Waals surface area contributed by atoms with E-state index in [0.29, 0.717) is 18.0 Å². The first-order valence-electron chi connectivity index (χ1n) is 9.44. The summed E-state index contributed by atoms with van der Waals surface area (Å²) in [5.41, 5.74) is 1.81. The van der Waals surface area contributed by atoms with Crippen molar-refractivity contribution in [1.29, 1.82) is 0 Å². The van der Waals surface area contributed by atoms with Gasteiger partial charge >= 0.3 is 0 Å². The van der Waals surface area contributed by atoms with Crippen molar-refractivity contribution in [3.8, 4) is 11.5 Å². The monoisotopic (exact) mass is 383 g/mol. The SMILES string of the molecule is O=C(COc1ccc2ccccc2c1)Nc1ccc(OCc2ccccc2)cc1.